The van der Waals surface area contributed by atoms with E-state index in [0.717, 1.165) is 5.75 Å². The molecule has 1 saturated heterocycles. The molecule has 0 atom stereocenters. The Morgan fingerprint density at radius 1 is 0.818 bits per heavy atom. The normalized spacial score (nSPS) is 13.8. The van der Waals surface area contributed by atoms with E-state index in [1.165, 1.54) is 11.6 Å². The first kappa shape index (κ1) is 23.8. The van der Waals surface area contributed by atoms with Crippen LogP contribution in [0.4, 0.5) is 4.79 Å². The third-order valence-corrected chi connectivity index (χ3v) is 4.85. The summed E-state index contributed by atoms with van der Waals surface area (Å²) in [7, 11) is 0. The van der Waals surface area contributed by atoms with Gasteiger partial charge in [-0.2, -0.15) is 0 Å². The number of ether oxygens (including phenoxy) is 3. The van der Waals surface area contributed by atoms with Crippen molar-refractivity contribution in [3.8, 4) is 17.2 Å². The maximum Gasteiger partial charge on any atom is 0.328 e. The maximum absolute atomic E-state index is 11.9. The molecule has 0 bridgehead atoms. The van der Waals surface area contributed by atoms with Gasteiger partial charge < -0.3 is 14.2 Å². The molecule has 2 N–H and O–H groups in total. The summed E-state index contributed by atoms with van der Waals surface area (Å²) in [6, 6.07) is 12.2. The number of carbonyl (C=O) groups is 3. The van der Waals surface area contributed by atoms with Gasteiger partial charge in [-0.1, -0.05) is 39.0 Å². The Bertz CT molecular complexity index is 1050. The van der Waals surface area contributed by atoms with Gasteiger partial charge in [0.15, 0.2) is 11.5 Å². The van der Waals surface area contributed by atoms with Crippen molar-refractivity contribution in [3.63, 3.8) is 0 Å². The van der Waals surface area contributed by atoms with Gasteiger partial charge in [0.2, 0.25) is 0 Å². The number of imide groups is 2. The lowest BCUT2D eigenvalue weighted by Crippen LogP contribution is -2.51. The molecule has 1 fully saturated rings. The van der Waals surface area contributed by atoms with E-state index in [1.807, 2.05) is 29.7 Å². The first-order valence-corrected chi connectivity index (χ1v) is 10.7. The fourth-order valence-corrected chi connectivity index (χ4v) is 3.14. The second kappa shape index (κ2) is 10.2. The molecular weight excluding hydrogens is 424 g/mol. The van der Waals surface area contributed by atoms with Crippen LogP contribution in [-0.4, -0.2) is 37.7 Å². The summed E-state index contributed by atoms with van der Waals surface area (Å²) in [5.41, 5.74) is 1.70. The molecule has 0 saturated carbocycles. The Morgan fingerprint density at radius 2 is 1.45 bits per heavy atom. The Labute approximate surface area is 192 Å². The predicted molar refractivity (Wildman–Crippen MR) is 123 cm³/mol. The summed E-state index contributed by atoms with van der Waals surface area (Å²) in [6.07, 6.45) is 1.38. The van der Waals surface area contributed by atoms with Crippen LogP contribution in [0, 0.1) is 0 Å². The molecule has 0 aromatic heterocycles. The SMILES string of the molecule is CCOc1cc(C=C2C(=O)NC(=O)NC2=O)ccc1OCCOc1ccc(C(C)(C)C)cc1. The Morgan fingerprint density at radius 3 is 2.06 bits per heavy atom. The zero-order chi connectivity index (χ0) is 24.0. The number of urea groups is 1. The van der Waals surface area contributed by atoms with Gasteiger partial charge in [-0.15, -0.1) is 0 Å². The third kappa shape index (κ3) is 6.35. The molecule has 0 spiro atoms. The number of rotatable bonds is 8. The van der Waals surface area contributed by atoms with E-state index in [1.54, 1.807) is 18.2 Å². The lowest BCUT2D eigenvalue weighted by molar-refractivity contribution is -0.123. The van der Waals surface area contributed by atoms with Gasteiger partial charge in [0.25, 0.3) is 11.8 Å². The molecule has 33 heavy (non-hydrogen) atoms. The topological polar surface area (TPSA) is 103 Å². The van der Waals surface area contributed by atoms with Crippen LogP contribution in [0.15, 0.2) is 48.0 Å². The van der Waals surface area contributed by atoms with E-state index in [0.29, 0.717) is 36.9 Å². The lowest BCUT2D eigenvalue weighted by Gasteiger charge is -2.19. The average Bonchev–Trinajstić information content (AvgIpc) is 2.75. The van der Waals surface area contributed by atoms with Crippen molar-refractivity contribution in [2.75, 3.05) is 19.8 Å². The molecule has 0 aliphatic carbocycles. The highest BCUT2D eigenvalue weighted by Crippen LogP contribution is 2.30. The highest BCUT2D eigenvalue weighted by molar-refractivity contribution is 6.31. The van der Waals surface area contributed by atoms with Crippen molar-refractivity contribution in [3.05, 3.63) is 59.2 Å². The number of benzene rings is 2. The zero-order valence-corrected chi connectivity index (χ0v) is 19.2. The largest absolute Gasteiger partial charge is 0.490 e. The molecule has 2 aromatic rings. The number of amides is 4. The second-order valence-corrected chi connectivity index (χ2v) is 8.41. The van der Waals surface area contributed by atoms with E-state index in [2.05, 4.69) is 32.9 Å². The van der Waals surface area contributed by atoms with Gasteiger partial charge in [0.05, 0.1) is 6.61 Å². The molecule has 1 heterocycles. The predicted octanol–water partition coefficient (Wildman–Crippen LogP) is 3.59. The molecule has 0 radical (unpaired) electrons. The smallest absolute Gasteiger partial charge is 0.328 e. The standard InChI is InChI=1S/C25H28N2O6/c1-5-31-21-15-16(14-19-22(28)26-24(30)27-23(19)29)6-11-20(21)33-13-12-32-18-9-7-17(8-10-18)25(2,3)4/h6-11,14-15H,5,12-13H2,1-4H3,(H2,26,27,28,29,30). The van der Waals surface area contributed by atoms with Crippen LogP contribution in [0.5, 0.6) is 17.2 Å². The van der Waals surface area contributed by atoms with Gasteiger partial charge >= 0.3 is 6.03 Å². The van der Waals surface area contributed by atoms with Crippen LogP contribution in [-0.2, 0) is 15.0 Å². The molecule has 2 aromatic carbocycles. The van der Waals surface area contributed by atoms with Gasteiger partial charge in [0.1, 0.15) is 24.5 Å². The van der Waals surface area contributed by atoms with Gasteiger partial charge in [-0.05, 0) is 53.8 Å². The van der Waals surface area contributed by atoms with Crippen LogP contribution >= 0.6 is 0 Å². The van der Waals surface area contributed by atoms with E-state index in [-0.39, 0.29) is 11.0 Å². The van der Waals surface area contributed by atoms with Crippen molar-refractivity contribution < 1.29 is 28.6 Å². The first-order valence-electron chi connectivity index (χ1n) is 10.7. The Kier molecular flexibility index (Phi) is 7.37. The number of hydrogen-bond acceptors (Lipinski definition) is 6. The summed E-state index contributed by atoms with van der Waals surface area (Å²) >= 11 is 0. The maximum atomic E-state index is 11.9. The minimum absolute atomic E-state index is 0.0848. The molecule has 4 amide bonds. The average molecular weight is 453 g/mol. The van der Waals surface area contributed by atoms with Gasteiger partial charge in [-0.25, -0.2) is 4.79 Å². The van der Waals surface area contributed by atoms with Crippen LogP contribution in [0.2, 0.25) is 0 Å². The van der Waals surface area contributed by atoms with Crippen LogP contribution in [0.25, 0.3) is 6.08 Å². The fourth-order valence-electron chi connectivity index (χ4n) is 3.14. The minimum atomic E-state index is -0.840. The minimum Gasteiger partial charge on any atom is -0.490 e. The van der Waals surface area contributed by atoms with Crippen LogP contribution < -0.4 is 24.8 Å². The highest BCUT2D eigenvalue weighted by Gasteiger charge is 2.27. The van der Waals surface area contributed by atoms with Crippen molar-refractivity contribution in [1.82, 2.24) is 10.6 Å². The molecule has 1 aliphatic rings. The van der Waals surface area contributed by atoms with E-state index in [4.69, 9.17) is 14.2 Å². The third-order valence-electron chi connectivity index (χ3n) is 4.85. The van der Waals surface area contributed by atoms with Crippen LogP contribution in [0.1, 0.15) is 38.8 Å². The van der Waals surface area contributed by atoms with Gasteiger partial charge in [-0.3, -0.25) is 20.2 Å². The van der Waals surface area contributed by atoms with Crippen molar-refractivity contribution in [1.29, 1.82) is 0 Å². The van der Waals surface area contributed by atoms with E-state index >= 15 is 0 Å². The monoisotopic (exact) mass is 452 g/mol. The summed E-state index contributed by atoms with van der Waals surface area (Å²) in [4.78, 5) is 35.0. The first-order chi connectivity index (χ1) is 15.7. The number of nitrogens with one attached hydrogen (secondary N) is 2. The van der Waals surface area contributed by atoms with Gasteiger partial charge in [0, 0.05) is 0 Å². The molecule has 8 nitrogen and oxygen atoms in total. The number of hydrogen-bond donors (Lipinski definition) is 2. The second-order valence-electron chi connectivity index (χ2n) is 8.41. The lowest BCUT2D eigenvalue weighted by atomic mass is 9.87. The fraction of sp³-hybridized carbons (Fsp3) is 0.320. The molecule has 1 aliphatic heterocycles. The van der Waals surface area contributed by atoms with E-state index < -0.39 is 17.8 Å². The van der Waals surface area contributed by atoms with Crippen molar-refractivity contribution in [2.45, 2.75) is 33.1 Å². The van der Waals surface area contributed by atoms with Crippen molar-refractivity contribution >= 4 is 23.9 Å². The molecule has 8 heteroatoms. The Hall–Kier alpha value is -3.81. The summed E-state index contributed by atoms with van der Waals surface area (Å²) in [5, 5.41) is 4.08. The quantitative estimate of drug-likeness (QED) is 0.361. The summed E-state index contributed by atoms with van der Waals surface area (Å²) in [5.74, 6) is 0.234. The molecule has 0 unspecified atom stereocenters. The number of carbonyl (C=O) groups excluding carboxylic acids is 3. The van der Waals surface area contributed by atoms with Crippen molar-refractivity contribution in [2.24, 2.45) is 0 Å². The molecule has 3 rings (SSSR count). The zero-order valence-electron chi connectivity index (χ0n) is 19.2. The van der Waals surface area contributed by atoms with Crippen LogP contribution in [0.3, 0.4) is 0 Å². The highest BCUT2D eigenvalue weighted by atomic mass is 16.5. The Balaban J connectivity index is 1.62. The molecular formula is C25H28N2O6. The molecule has 174 valence electrons. The van der Waals surface area contributed by atoms with E-state index in [9.17, 15) is 14.4 Å². The summed E-state index contributed by atoms with van der Waals surface area (Å²) in [6.45, 7) is 9.38. The number of barbiturate groups is 1. The summed E-state index contributed by atoms with van der Waals surface area (Å²) < 4.78 is 17.2.